The van der Waals surface area contributed by atoms with Crippen molar-refractivity contribution in [2.24, 2.45) is 0 Å². The number of hydrogen-bond acceptors (Lipinski definition) is 3. The lowest BCUT2D eigenvalue weighted by molar-refractivity contribution is -0.136. The van der Waals surface area contributed by atoms with Gasteiger partial charge in [-0.25, -0.2) is 0 Å². The minimum Gasteiger partial charge on any atom is -0.375 e. The maximum atomic E-state index is 12.0. The molecule has 1 fully saturated rings. The van der Waals surface area contributed by atoms with Crippen LogP contribution in [0.1, 0.15) is 18.4 Å². The fraction of sp³-hybridized carbons (Fsp3) is 0.500. The van der Waals surface area contributed by atoms with Crippen molar-refractivity contribution >= 4 is 23.4 Å². The highest BCUT2D eigenvalue weighted by Gasteiger charge is 2.23. The number of nitrogens with one attached hydrogen (secondary N) is 1. The van der Waals surface area contributed by atoms with Crippen LogP contribution in [-0.4, -0.2) is 49.6 Å². The van der Waals surface area contributed by atoms with E-state index in [2.05, 4.69) is 5.32 Å². The maximum absolute atomic E-state index is 12.0. The molecule has 0 aliphatic carbocycles. The Morgan fingerprint density at radius 1 is 1.27 bits per heavy atom. The smallest absolute Gasteiger partial charge is 0.248 e. The molecular formula is C16H21ClN2O3. The molecule has 120 valence electrons. The highest BCUT2D eigenvalue weighted by molar-refractivity contribution is 6.30. The zero-order valence-electron chi connectivity index (χ0n) is 12.7. The Morgan fingerprint density at radius 2 is 1.91 bits per heavy atom. The van der Waals surface area contributed by atoms with E-state index >= 15 is 0 Å². The molecule has 0 saturated carbocycles. The zero-order valence-corrected chi connectivity index (χ0v) is 13.4. The number of piperidine rings is 1. The number of hydrogen-bond donors (Lipinski definition) is 1. The first-order valence-corrected chi connectivity index (χ1v) is 7.77. The van der Waals surface area contributed by atoms with E-state index in [1.54, 1.807) is 17.0 Å². The molecule has 2 rings (SSSR count). The molecule has 0 radical (unpaired) electrons. The number of carbonyl (C=O) groups excluding carboxylic acids is 2. The largest absolute Gasteiger partial charge is 0.375 e. The van der Waals surface area contributed by atoms with Crippen LogP contribution in [0.15, 0.2) is 24.3 Å². The Morgan fingerprint density at radius 3 is 2.50 bits per heavy atom. The zero-order chi connectivity index (χ0) is 15.9. The van der Waals surface area contributed by atoms with Crippen LogP contribution in [0.5, 0.6) is 0 Å². The minimum atomic E-state index is 0.00369. The first-order chi connectivity index (χ1) is 10.6. The van der Waals surface area contributed by atoms with Crippen LogP contribution in [0, 0.1) is 0 Å². The summed E-state index contributed by atoms with van der Waals surface area (Å²) in [5, 5.41) is 3.70. The lowest BCUT2D eigenvalue weighted by atomic mass is 10.0. The molecule has 6 heteroatoms. The van der Waals surface area contributed by atoms with Gasteiger partial charge >= 0.3 is 0 Å². The fourth-order valence-corrected chi connectivity index (χ4v) is 2.68. The van der Waals surface area contributed by atoms with E-state index in [9.17, 15) is 9.59 Å². The van der Waals surface area contributed by atoms with Crippen molar-refractivity contribution in [1.82, 2.24) is 10.2 Å². The van der Waals surface area contributed by atoms with Crippen molar-refractivity contribution in [2.45, 2.75) is 25.3 Å². The molecule has 0 aromatic heterocycles. The predicted molar refractivity (Wildman–Crippen MR) is 84.8 cm³/mol. The highest BCUT2D eigenvalue weighted by atomic mass is 35.5. The Labute approximate surface area is 135 Å². The van der Waals surface area contributed by atoms with E-state index in [0.717, 1.165) is 18.4 Å². The number of halogens is 1. The Bertz CT molecular complexity index is 511. The van der Waals surface area contributed by atoms with Crippen molar-refractivity contribution < 1.29 is 14.3 Å². The predicted octanol–water partition coefficient (Wildman–Crippen LogP) is 1.64. The Kier molecular flexibility index (Phi) is 6.21. The average molecular weight is 325 g/mol. The lowest BCUT2D eigenvalue weighted by Gasteiger charge is -2.32. The second-order valence-electron chi connectivity index (χ2n) is 5.46. The van der Waals surface area contributed by atoms with Gasteiger partial charge in [0.15, 0.2) is 0 Å². The van der Waals surface area contributed by atoms with Gasteiger partial charge in [0, 0.05) is 31.3 Å². The second kappa shape index (κ2) is 8.15. The number of ether oxygens (including phenoxy) is 1. The van der Waals surface area contributed by atoms with Gasteiger partial charge in [-0.15, -0.1) is 0 Å². The van der Waals surface area contributed by atoms with Crippen LogP contribution in [0.2, 0.25) is 5.02 Å². The maximum Gasteiger partial charge on any atom is 0.248 e. The molecule has 22 heavy (non-hydrogen) atoms. The van der Waals surface area contributed by atoms with Gasteiger partial charge in [-0.1, -0.05) is 23.7 Å². The van der Waals surface area contributed by atoms with Gasteiger partial charge < -0.3 is 15.0 Å². The number of likely N-dealkylation sites (tertiary alicyclic amines) is 1. The molecule has 0 spiro atoms. The van der Waals surface area contributed by atoms with Crippen LogP contribution in [0.4, 0.5) is 0 Å². The van der Waals surface area contributed by atoms with Gasteiger partial charge in [0.25, 0.3) is 0 Å². The number of carbonyl (C=O) groups is 2. The third-order valence-electron chi connectivity index (χ3n) is 3.76. The van der Waals surface area contributed by atoms with E-state index in [0.29, 0.717) is 24.5 Å². The summed E-state index contributed by atoms with van der Waals surface area (Å²) in [5.41, 5.74) is 0.939. The molecule has 1 N–H and O–H groups in total. The molecule has 1 aliphatic heterocycles. The lowest BCUT2D eigenvalue weighted by Crippen LogP contribution is -2.47. The van der Waals surface area contributed by atoms with Gasteiger partial charge in [-0.05, 0) is 30.5 Å². The molecular weight excluding hydrogens is 304 g/mol. The topological polar surface area (TPSA) is 58.6 Å². The van der Waals surface area contributed by atoms with Crippen molar-refractivity contribution in [3.05, 3.63) is 34.9 Å². The molecule has 0 atom stereocenters. The van der Waals surface area contributed by atoms with E-state index in [1.807, 2.05) is 12.1 Å². The van der Waals surface area contributed by atoms with Crippen molar-refractivity contribution in [3.63, 3.8) is 0 Å². The van der Waals surface area contributed by atoms with E-state index < -0.39 is 0 Å². The second-order valence-corrected chi connectivity index (χ2v) is 5.90. The number of amides is 2. The third-order valence-corrected chi connectivity index (χ3v) is 4.01. The molecule has 1 heterocycles. The quantitative estimate of drug-likeness (QED) is 0.895. The molecule has 1 aromatic carbocycles. The fourth-order valence-electron chi connectivity index (χ4n) is 2.55. The molecule has 1 aliphatic rings. The molecule has 5 nitrogen and oxygen atoms in total. The summed E-state index contributed by atoms with van der Waals surface area (Å²) in [6, 6.07) is 7.40. The van der Waals surface area contributed by atoms with Crippen LogP contribution in [-0.2, 0) is 20.7 Å². The highest BCUT2D eigenvalue weighted by Crippen LogP contribution is 2.12. The summed E-state index contributed by atoms with van der Waals surface area (Å²) < 4.78 is 4.85. The number of methoxy groups -OCH3 is 1. The van der Waals surface area contributed by atoms with E-state index in [1.165, 1.54) is 7.11 Å². The number of rotatable bonds is 5. The van der Waals surface area contributed by atoms with Gasteiger partial charge in [-0.2, -0.15) is 0 Å². The first-order valence-electron chi connectivity index (χ1n) is 7.39. The Hall–Kier alpha value is -1.59. The summed E-state index contributed by atoms with van der Waals surface area (Å²) in [6.45, 7) is 1.44. The van der Waals surface area contributed by atoms with Gasteiger partial charge in [0.1, 0.15) is 6.61 Å². The average Bonchev–Trinajstić information content (AvgIpc) is 2.50. The Balaban J connectivity index is 1.74. The molecule has 1 saturated heterocycles. The number of nitrogens with zero attached hydrogens (tertiary/aromatic N) is 1. The standard InChI is InChI=1S/C16H21ClN2O3/c1-22-11-16(21)19-8-6-14(7-9-19)18-15(20)10-12-2-4-13(17)5-3-12/h2-5,14H,6-11H2,1H3,(H,18,20). The van der Waals surface area contributed by atoms with Crippen LogP contribution >= 0.6 is 11.6 Å². The van der Waals surface area contributed by atoms with E-state index in [4.69, 9.17) is 16.3 Å². The van der Waals surface area contributed by atoms with Gasteiger partial charge in [0.2, 0.25) is 11.8 Å². The summed E-state index contributed by atoms with van der Waals surface area (Å²) in [6.07, 6.45) is 1.91. The molecule has 0 bridgehead atoms. The molecule has 2 amide bonds. The summed E-state index contributed by atoms with van der Waals surface area (Å²) in [7, 11) is 1.52. The third kappa shape index (κ3) is 5.00. The van der Waals surface area contributed by atoms with E-state index in [-0.39, 0.29) is 24.5 Å². The monoisotopic (exact) mass is 324 g/mol. The van der Waals surface area contributed by atoms with Crippen molar-refractivity contribution in [1.29, 1.82) is 0 Å². The minimum absolute atomic E-state index is 0.00369. The first kappa shape index (κ1) is 16.8. The van der Waals surface area contributed by atoms with Crippen LogP contribution in [0.25, 0.3) is 0 Å². The van der Waals surface area contributed by atoms with Crippen LogP contribution in [0.3, 0.4) is 0 Å². The molecule has 0 unspecified atom stereocenters. The van der Waals surface area contributed by atoms with Crippen molar-refractivity contribution in [2.75, 3.05) is 26.8 Å². The SMILES string of the molecule is COCC(=O)N1CCC(NC(=O)Cc2ccc(Cl)cc2)CC1. The molecule has 1 aromatic rings. The summed E-state index contributed by atoms with van der Waals surface area (Å²) in [4.78, 5) is 25.5. The summed E-state index contributed by atoms with van der Waals surface area (Å²) >= 11 is 5.82. The van der Waals surface area contributed by atoms with Gasteiger partial charge in [0.05, 0.1) is 6.42 Å². The summed E-state index contributed by atoms with van der Waals surface area (Å²) in [5.74, 6) is 0.0115. The normalized spacial score (nSPS) is 15.6. The van der Waals surface area contributed by atoms with Crippen molar-refractivity contribution in [3.8, 4) is 0 Å². The van der Waals surface area contributed by atoms with Gasteiger partial charge in [-0.3, -0.25) is 9.59 Å². The van der Waals surface area contributed by atoms with Crippen LogP contribution < -0.4 is 5.32 Å². The number of benzene rings is 1.